The highest BCUT2D eigenvalue weighted by molar-refractivity contribution is 7.07. The molecule has 0 saturated carbocycles. The monoisotopic (exact) mass is 208 g/mol. The molecule has 0 amide bonds. The van der Waals surface area contributed by atoms with Crippen LogP contribution in [-0.4, -0.2) is 4.98 Å². The Labute approximate surface area is 85.4 Å². The topological polar surface area (TPSA) is 24.9 Å². The first-order chi connectivity index (χ1) is 6.84. The van der Waals surface area contributed by atoms with E-state index in [0.29, 0.717) is 6.54 Å². The first-order valence-electron chi connectivity index (χ1n) is 4.21. The van der Waals surface area contributed by atoms with Crippen LogP contribution in [0.2, 0.25) is 0 Å². The number of hydrogen-bond acceptors (Lipinski definition) is 3. The fraction of sp³-hybridized carbons (Fsp3) is 0.100. The summed E-state index contributed by atoms with van der Waals surface area (Å²) >= 11 is 1.57. The molecule has 0 aliphatic rings. The number of halogens is 1. The summed E-state index contributed by atoms with van der Waals surface area (Å²) in [6.07, 6.45) is 0. The van der Waals surface area contributed by atoms with E-state index in [9.17, 15) is 4.39 Å². The minimum atomic E-state index is -0.218. The third-order valence-electron chi connectivity index (χ3n) is 1.80. The predicted molar refractivity (Wildman–Crippen MR) is 55.8 cm³/mol. The molecule has 2 rings (SSSR count). The van der Waals surface area contributed by atoms with E-state index in [1.54, 1.807) is 29.0 Å². The summed E-state index contributed by atoms with van der Waals surface area (Å²) in [4.78, 5) is 4.13. The van der Waals surface area contributed by atoms with Crippen molar-refractivity contribution < 1.29 is 4.39 Å². The number of rotatable bonds is 3. The van der Waals surface area contributed by atoms with Gasteiger partial charge in [-0.1, -0.05) is 0 Å². The van der Waals surface area contributed by atoms with Gasteiger partial charge < -0.3 is 5.32 Å². The molecule has 0 aliphatic heterocycles. The molecule has 0 fully saturated rings. The molecule has 14 heavy (non-hydrogen) atoms. The lowest BCUT2D eigenvalue weighted by Crippen LogP contribution is -1.99. The van der Waals surface area contributed by atoms with Gasteiger partial charge in [-0.25, -0.2) is 9.37 Å². The van der Waals surface area contributed by atoms with Gasteiger partial charge in [-0.2, -0.15) is 0 Å². The third-order valence-corrected chi connectivity index (χ3v) is 2.44. The molecule has 1 N–H and O–H groups in total. The van der Waals surface area contributed by atoms with Crippen molar-refractivity contribution in [2.45, 2.75) is 6.54 Å². The maximum Gasteiger partial charge on any atom is 0.123 e. The number of nitrogens with zero attached hydrogens (tertiary/aromatic N) is 1. The van der Waals surface area contributed by atoms with Crippen molar-refractivity contribution in [3.63, 3.8) is 0 Å². The average Bonchev–Trinajstić information content (AvgIpc) is 2.70. The molecule has 0 bridgehead atoms. The molecule has 0 aliphatic carbocycles. The molecule has 0 saturated heterocycles. The van der Waals surface area contributed by atoms with Crippen molar-refractivity contribution >= 4 is 17.0 Å². The molecule has 1 aromatic heterocycles. The van der Waals surface area contributed by atoms with Crippen molar-refractivity contribution in [1.29, 1.82) is 0 Å². The lowest BCUT2D eigenvalue weighted by Gasteiger charge is -2.03. The molecule has 4 heteroatoms. The Morgan fingerprint density at radius 2 is 2.07 bits per heavy atom. The van der Waals surface area contributed by atoms with Crippen LogP contribution in [0.15, 0.2) is 35.2 Å². The maximum absolute atomic E-state index is 12.6. The molecule has 2 nitrogen and oxygen atoms in total. The first-order valence-corrected chi connectivity index (χ1v) is 5.15. The standard InChI is InChI=1S/C10H9FN2S/c11-8-1-3-9(4-2-8)12-5-10-6-14-7-13-10/h1-4,6-7,12H,5H2. The summed E-state index contributed by atoms with van der Waals surface area (Å²) in [5.41, 5.74) is 3.69. The Kier molecular flexibility index (Phi) is 2.74. The Morgan fingerprint density at radius 1 is 1.29 bits per heavy atom. The quantitative estimate of drug-likeness (QED) is 0.838. The Balaban J connectivity index is 1.95. The number of aromatic nitrogens is 1. The molecule has 0 unspecified atom stereocenters. The highest BCUT2D eigenvalue weighted by Crippen LogP contribution is 2.10. The van der Waals surface area contributed by atoms with Crippen LogP contribution in [-0.2, 0) is 6.54 Å². The van der Waals surface area contributed by atoms with Crippen molar-refractivity contribution in [2.24, 2.45) is 0 Å². The molecule has 1 aromatic carbocycles. The van der Waals surface area contributed by atoms with Crippen LogP contribution in [0.5, 0.6) is 0 Å². The summed E-state index contributed by atoms with van der Waals surface area (Å²) in [6, 6.07) is 6.29. The lowest BCUT2D eigenvalue weighted by atomic mass is 10.3. The highest BCUT2D eigenvalue weighted by Gasteiger charge is 1.95. The number of nitrogens with one attached hydrogen (secondary N) is 1. The van der Waals surface area contributed by atoms with Gasteiger partial charge in [-0.05, 0) is 24.3 Å². The summed E-state index contributed by atoms with van der Waals surface area (Å²) in [7, 11) is 0. The van der Waals surface area contributed by atoms with E-state index in [2.05, 4.69) is 10.3 Å². The van der Waals surface area contributed by atoms with Gasteiger partial charge in [0.1, 0.15) is 5.82 Å². The van der Waals surface area contributed by atoms with Gasteiger partial charge >= 0.3 is 0 Å². The molecule has 0 spiro atoms. The predicted octanol–water partition coefficient (Wildman–Crippen LogP) is 2.89. The van der Waals surface area contributed by atoms with E-state index < -0.39 is 0 Å². The van der Waals surface area contributed by atoms with Gasteiger partial charge in [0.15, 0.2) is 0 Å². The second kappa shape index (κ2) is 4.19. The SMILES string of the molecule is Fc1ccc(NCc2cscn2)cc1. The second-order valence-electron chi connectivity index (χ2n) is 2.84. The van der Waals surface area contributed by atoms with Crippen LogP contribution in [0.25, 0.3) is 0 Å². The summed E-state index contributed by atoms with van der Waals surface area (Å²) in [5, 5.41) is 5.13. The number of hydrogen-bond donors (Lipinski definition) is 1. The molecular formula is C10H9FN2S. The van der Waals surface area contributed by atoms with E-state index in [4.69, 9.17) is 0 Å². The largest absolute Gasteiger partial charge is 0.379 e. The lowest BCUT2D eigenvalue weighted by molar-refractivity contribution is 0.628. The van der Waals surface area contributed by atoms with Gasteiger partial charge in [-0.3, -0.25) is 0 Å². The van der Waals surface area contributed by atoms with Crippen LogP contribution in [0.3, 0.4) is 0 Å². The van der Waals surface area contributed by atoms with Crippen LogP contribution in [0.1, 0.15) is 5.69 Å². The Morgan fingerprint density at radius 3 is 2.71 bits per heavy atom. The van der Waals surface area contributed by atoms with Gasteiger partial charge in [0.25, 0.3) is 0 Å². The zero-order valence-electron chi connectivity index (χ0n) is 7.40. The summed E-state index contributed by atoms with van der Waals surface area (Å²) < 4.78 is 12.6. The normalized spacial score (nSPS) is 10.1. The first kappa shape index (κ1) is 9.15. The number of anilines is 1. The minimum Gasteiger partial charge on any atom is -0.379 e. The molecule has 1 heterocycles. The molecule has 72 valence electrons. The van der Waals surface area contributed by atoms with Crippen molar-refractivity contribution in [3.8, 4) is 0 Å². The molecular weight excluding hydrogens is 199 g/mol. The maximum atomic E-state index is 12.6. The van der Waals surface area contributed by atoms with Crippen LogP contribution in [0, 0.1) is 5.82 Å². The zero-order chi connectivity index (χ0) is 9.80. The van der Waals surface area contributed by atoms with Crippen LogP contribution in [0.4, 0.5) is 10.1 Å². The zero-order valence-corrected chi connectivity index (χ0v) is 8.22. The van der Waals surface area contributed by atoms with Crippen LogP contribution < -0.4 is 5.32 Å². The smallest absolute Gasteiger partial charge is 0.123 e. The van der Waals surface area contributed by atoms with E-state index >= 15 is 0 Å². The summed E-state index contributed by atoms with van der Waals surface area (Å²) in [6.45, 7) is 0.676. The fourth-order valence-corrected chi connectivity index (χ4v) is 1.64. The van der Waals surface area contributed by atoms with Gasteiger partial charge in [0, 0.05) is 11.1 Å². The van der Waals surface area contributed by atoms with E-state index in [-0.39, 0.29) is 5.82 Å². The van der Waals surface area contributed by atoms with Crippen molar-refractivity contribution in [3.05, 3.63) is 46.7 Å². The van der Waals surface area contributed by atoms with Crippen molar-refractivity contribution in [1.82, 2.24) is 4.98 Å². The third kappa shape index (κ3) is 2.29. The molecule has 2 aromatic rings. The Bertz CT molecular complexity index is 383. The average molecular weight is 208 g/mol. The molecule has 0 radical (unpaired) electrons. The number of thiazole rings is 1. The minimum absolute atomic E-state index is 0.218. The fourth-order valence-electron chi connectivity index (χ4n) is 1.09. The van der Waals surface area contributed by atoms with E-state index in [0.717, 1.165) is 11.4 Å². The number of benzene rings is 1. The Hall–Kier alpha value is -1.42. The van der Waals surface area contributed by atoms with E-state index in [1.165, 1.54) is 12.1 Å². The van der Waals surface area contributed by atoms with Crippen molar-refractivity contribution in [2.75, 3.05) is 5.32 Å². The highest BCUT2D eigenvalue weighted by atomic mass is 32.1. The molecule has 0 atom stereocenters. The summed E-state index contributed by atoms with van der Waals surface area (Å²) in [5.74, 6) is -0.218. The second-order valence-corrected chi connectivity index (χ2v) is 3.56. The van der Waals surface area contributed by atoms with E-state index in [1.807, 2.05) is 5.38 Å². The van der Waals surface area contributed by atoms with Gasteiger partial charge in [-0.15, -0.1) is 11.3 Å². The van der Waals surface area contributed by atoms with Crippen LogP contribution >= 0.6 is 11.3 Å². The van der Waals surface area contributed by atoms with Gasteiger partial charge in [0.2, 0.25) is 0 Å². The van der Waals surface area contributed by atoms with Gasteiger partial charge in [0.05, 0.1) is 17.7 Å².